The van der Waals surface area contributed by atoms with E-state index in [0.717, 1.165) is 22.9 Å². The lowest BCUT2D eigenvalue weighted by Gasteiger charge is -2.22. The fourth-order valence-electron chi connectivity index (χ4n) is 2.16. The molecule has 0 unspecified atom stereocenters. The van der Waals surface area contributed by atoms with Crippen LogP contribution in [-0.4, -0.2) is 44.3 Å². The van der Waals surface area contributed by atoms with E-state index in [1.165, 1.54) is 4.90 Å². The Morgan fingerprint density at radius 1 is 1.43 bits per heavy atom. The van der Waals surface area contributed by atoms with Crippen LogP contribution in [0.15, 0.2) is 29.2 Å². The number of aryl methyl sites for hydroxylation is 1. The molecule has 1 aliphatic rings. The third-order valence-electron chi connectivity index (χ3n) is 3.39. The SMILES string of the molecule is CSCC[C@H](C(=O)O)N1C(=O)/C(=C/c2ccc(C)cc2)SC1=S. The molecule has 122 valence electrons. The van der Waals surface area contributed by atoms with Crippen LogP contribution >= 0.6 is 35.7 Å². The highest BCUT2D eigenvalue weighted by molar-refractivity contribution is 8.26. The van der Waals surface area contributed by atoms with E-state index in [1.807, 2.05) is 37.4 Å². The predicted molar refractivity (Wildman–Crippen MR) is 101 cm³/mol. The summed E-state index contributed by atoms with van der Waals surface area (Å²) in [5.41, 5.74) is 2.03. The van der Waals surface area contributed by atoms with Crippen molar-refractivity contribution < 1.29 is 14.7 Å². The van der Waals surface area contributed by atoms with Gasteiger partial charge in [0.05, 0.1) is 4.91 Å². The summed E-state index contributed by atoms with van der Waals surface area (Å²) < 4.78 is 0.307. The number of carbonyl (C=O) groups excluding carboxylic acids is 1. The summed E-state index contributed by atoms with van der Waals surface area (Å²) in [5, 5.41) is 9.41. The Balaban J connectivity index is 2.24. The molecule has 1 aliphatic heterocycles. The number of carboxylic acids is 1. The molecule has 0 spiro atoms. The van der Waals surface area contributed by atoms with Crippen molar-refractivity contribution in [2.24, 2.45) is 0 Å². The normalized spacial score (nSPS) is 17.8. The van der Waals surface area contributed by atoms with Gasteiger partial charge >= 0.3 is 5.97 Å². The third kappa shape index (κ3) is 4.37. The van der Waals surface area contributed by atoms with Gasteiger partial charge in [0.25, 0.3) is 5.91 Å². The number of benzene rings is 1. The monoisotopic (exact) mass is 367 g/mol. The van der Waals surface area contributed by atoms with Crippen LogP contribution < -0.4 is 0 Å². The molecule has 1 aromatic carbocycles. The van der Waals surface area contributed by atoms with E-state index in [4.69, 9.17) is 12.2 Å². The first kappa shape index (κ1) is 18.0. The van der Waals surface area contributed by atoms with Crippen molar-refractivity contribution in [1.82, 2.24) is 4.90 Å². The van der Waals surface area contributed by atoms with E-state index in [-0.39, 0.29) is 5.91 Å². The fraction of sp³-hybridized carbons (Fsp3) is 0.312. The molecule has 0 aliphatic carbocycles. The van der Waals surface area contributed by atoms with Crippen LogP contribution in [0.2, 0.25) is 0 Å². The van der Waals surface area contributed by atoms with E-state index in [0.29, 0.717) is 21.4 Å². The maximum Gasteiger partial charge on any atom is 0.326 e. The Kier molecular flexibility index (Phi) is 6.26. The van der Waals surface area contributed by atoms with E-state index in [2.05, 4.69) is 0 Å². The van der Waals surface area contributed by atoms with E-state index in [9.17, 15) is 14.7 Å². The summed E-state index contributed by atoms with van der Waals surface area (Å²) in [6, 6.07) is 6.86. The molecule has 7 heteroatoms. The summed E-state index contributed by atoms with van der Waals surface area (Å²) in [5.74, 6) is -0.689. The quantitative estimate of drug-likeness (QED) is 0.614. The number of carboxylic acid groups (broad SMARTS) is 1. The number of aliphatic carboxylic acids is 1. The number of carbonyl (C=O) groups is 2. The van der Waals surface area contributed by atoms with Crippen LogP contribution in [0.5, 0.6) is 0 Å². The second kappa shape index (κ2) is 7.99. The van der Waals surface area contributed by atoms with Crippen molar-refractivity contribution in [2.75, 3.05) is 12.0 Å². The second-order valence-electron chi connectivity index (χ2n) is 5.10. The number of nitrogens with zero attached hydrogens (tertiary/aromatic N) is 1. The highest BCUT2D eigenvalue weighted by Crippen LogP contribution is 2.34. The Labute approximate surface area is 149 Å². The first-order valence-corrected chi connectivity index (χ1v) is 9.61. The zero-order chi connectivity index (χ0) is 17.0. The molecule has 0 radical (unpaired) electrons. The molecule has 0 saturated carbocycles. The summed E-state index contributed by atoms with van der Waals surface area (Å²) in [7, 11) is 0. The smallest absolute Gasteiger partial charge is 0.326 e. The van der Waals surface area contributed by atoms with Gasteiger partial charge in [-0.1, -0.05) is 53.8 Å². The Morgan fingerprint density at radius 2 is 2.09 bits per heavy atom. The highest BCUT2D eigenvalue weighted by atomic mass is 32.2. The van der Waals surface area contributed by atoms with E-state index in [1.54, 1.807) is 17.8 Å². The molecular weight excluding hydrogens is 350 g/mol. The highest BCUT2D eigenvalue weighted by Gasteiger charge is 2.40. The zero-order valence-electron chi connectivity index (χ0n) is 12.8. The molecular formula is C16H17NO3S3. The van der Waals surface area contributed by atoms with Crippen LogP contribution in [0, 0.1) is 6.92 Å². The maximum absolute atomic E-state index is 12.6. The molecule has 1 heterocycles. The first-order chi connectivity index (χ1) is 10.9. The summed E-state index contributed by atoms with van der Waals surface area (Å²) >= 11 is 7.94. The minimum Gasteiger partial charge on any atom is -0.480 e. The minimum atomic E-state index is -1.02. The number of thiocarbonyl (C=S) groups is 1. The van der Waals surface area contributed by atoms with Crippen LogP contribution in [0.4, 0.5) is 0 Å². The van der Waals surface area contributed by atoms with Crippen LogP contribution in [-0.2, 0) is 9.59 Å². The number of hydrogen-bond acceptors (Lipinski definition) is 5. The van der Waals surface area contributed by atoms with Gasteiger partial charge in [-0.3, -0.25) is 9.69 Å². The molecule has 0 aromatic heterocycles. The van der Waals surface area contributed by atoms with Crippen molar-refractivity contribution in [1.29, 1.82) is 0 Å². The molecule has 1 fully saturated rings. The first-order valence-electron chi connectivity index (χ1n) is 6.99. The van der Waals surface area contributed by atoms with E-state index < -0.39 is 12.0 Å². The van der Waals surface area contributed by atoms with Gasteiger partial charge in [0.15, 0.2) is 0 Å². The number of thioether (sulfide) groups is 2. The number of amides is 1. The molecule has 1 amide bonds. The van der Waals surface area contributed by atoms with Crippen molar-refractivity contribution in [2.45, 2.75) is 19.4 Å². The van der Waals surface area contributed by atoms with Gasteiger partial charge in [0.1, 0.15) is 10.4 Å². The Morgan fingerprint density at radius 3 is 2.65 bits per heavy atom. The van der Waals surface area contributed by atoms with E-state index >= 15 is 0 Å². The van der Waals surface area contributed by atoms with Crippen LogP contribution in [0.3, 0.4) is 0 Å². The number of hydrogen-bond donors (Lipinski definition) is 1. The van der Waals surface area contributed by atoms with Gasteiger partial charge in [0.2, 0.25) is 0 Å². The summed E-state index contributed by atoms with van der Waals surface area (Å²) in [6.07, 6.45) is 4.04. The topological polar surface area (TPSA) is 57.6 Å². The van der Waals surface area contributed by atoms with Gasteiger partial charge in [-0.25, -0.2) is 4.79 Å². The average Bonchev–Trinajstić information content (AvgIpc) is 2.77. The maximum atomic E-state index is 12.6. The lowest BCUT2D eigenvalue weighted by Crippen LogP contribution is -2.44. The van der Waals surface area contributed by atoms with Gasteiger partial charge in [-0.2, -0.15) is 11.8 Å². The van der Waals surface area contributed by atoms with Crippen LogP contribution in [0.25, 0.3) is 6.08 Å². The second-order valence-corrected chi connectivity index (χ2v) is 7.76. The summed E-state index contributed by atoms with van der Waals surface area (Å²) in [6.45, 7) is 1.99. The van der Waals surface area contributed by atoms with Crippen LogP contribution in [0.1, 0.15) is 17.5 Å². The lowest BCUT2D eigenvalue weighted by atomic mass is 10.1. The molecule has 1 saturated heterocycles. The van der Waals surface area contributed by atoms with Gasteiger partial charge < -0.3 is 5.11 Å². The van der Waals surface area contributed by atoms with Crippen molar-refractivity contribution in [3.05, 3.63) is 40.3 Å². The standard InChI is InChI=1S/C16H17NO3S3/c1-10-3-5-11(6-4-10)9-13-14(18)17(16(21)23-13)12(15(19)20)7-8-22-2/h3-6,9,12H,7-8H2,1-2H3,(H,19,20)/b13-9-/t12-/m1/s1. The minimum absolute atomic E-state index is 0.307. The molecule has 23 heavy (non-hydrogen) atoms. The Hall–Kier alpha value is -1.31. The largest absolute Gasteiger partial charge is 0.480 e. The molecule has 1 atom stereocenters. The average molecular weight is 368 g/mol. The van der Waals surface area contributed by atoms with Gasteiger partial charge in [0, 0.05) is 0 Å². The molecule has 1 N–H and O–H groups in total. The lowest BCUT2D eigenvalue weighted by molar-refractivity contribution is -0.145. The molecule has 4 nitrogen and oxygen atoms in total. The molecule has 0 bridgehead atoms. The van der Waals surface area contributed by atoms with Crippen molar-refractivity contribution >= 4 is 58.0 Å². The van der Waals surface area contributed by atoms with Gasteiger partial charge in [-0.15, -0.1) is 0 Å². The third-order valence-corrected chi connectivity index (χ3v) is 5.37. The fourth-order valence-corrected chi connectivity index (χ4v) is 3.97. The summed E-state index contributed by atoms with van der Waals surface area (Å²) in [4.78, 5) is 25.8. The van der Waals surface area contributed by atoms with Gasteiger partial charge in [-0.05, 0) is 37.0 Å². The molecule has 2 rings (SSSR count). The zero-order valence-corrected chi connectivity index (χ0v) is 15.3. The molecule has 1 aromatic rings. The van der Waals surface area contributed by atoms with Crippen molar-refractivity contribution in [3.8, 4) is 0 Å². The number of rotatable bonds is 6. The Bertz CT molecular complexity index is 655. The predicted octanol–water partition coefficient (Wildman–Crippen LogP) is 3.40. The van der Waals surface area contributed by atoms with Crippen molar-refractivity contribution in [3.63, 3.8) is 0 Å².